The molecular weight excluding hydrogens is 264 g/mol. The lowest BCUT2D eigenvalue weighted by Gasteiger charge is -2.37. The second kappa shape index (κ2) is 6.00. The van der Waals surface area contributed by atoms with Crippen LogP contribution in [0.3, 0.4) is 0 Å². The number of hydrogen-bond donors (Lipinski definition) is 0. The minimum absolute atomic E-state index is 0.166. The molecule has 0 aliphatic heterocycles. The zero-order chi connectivity index (χ0) is 15.5. The predicted molar refractivity (Wildman–Crippen MR) is 82.0 cm³/mol. The largest absolute Gasteiger partial charge is 0.464 e. The molecular formula is C18H24O3. The van der Waals surface area contributed by atoms with Gasteiger partial charge in [0.05, 0.1) is 0 Å². The molecule has 0 amide bonds. The lowest BCUT2D eigenvalue weighted by atomic mass is 9.70. The van der Waals surface area contributed by atoms with Crippen molar-refractivity contribution >= 4 is 12.8 Å². The first-order valence-corrected chi connectivity index (χ1v) is 7.55. The highest BCUT2D eigenvalue weighted by atomic mass is 16.5. The minimum Gasteiger partial charge on any atom is -0.464 e. The van der Waals surface area contributed by atoms with Crippen molar-refractivity contribution in [2.45, 2.75) is 46.1 Å². The van der Waals surface area contributed by atoms with E-state index in [4.69, 9.17) is 4.74 Å². The fraction of sp³-hybridized carbons (Fsp3) is 0.556. The van der Waals surface area contributed by atoms with Gasteiger partial charge in [0.25, 0.3) is 6.47 Å². The Morgan fingerprint density at radius 1 is 1.14 bits per heavy atom. The van der Waals surface area contributed by atoms with Crippen molar-refractivity contribution in [2.24, 2.45) is 16.7 Å². The Kier molecular flexibility index (Phi) is 4.50. The van der Waals surface area contributed by atoms with Crippen LogP contribution in [0.1, 0.15) is 50.4 Å². The lowest BCUT2D eigenvalue weighted by Crippen LogP contribution is -2.36. The third-order valence-corrected chi connectivity index (χ3v) is 5.87. The van der Waals surface area contributed by atoms with E-state index < -0.39 is 0 Å². The smallest absolute Gasteiger partial charge is 0.293 e. The van der Waals surface area contributed by atoms with Gasteiger partial charge in [-0.3, -0.25) is 9.59 Å². The number of hydrogen-bond acceptors (Lipinski definition) is 3. The third kappa shape index (κ3) is 2.74. The van der Waals surface area contributed by atoms with Crippen LogP contribution in [-0.4, -0.2) is 18.9 Å². The zero-order valence-corrected chi connectivity index (χ0v) is 13.0. The molecule has 0 saturated heterocycles. The molecule has 114 valence electrons. The van der Waals surface area contributed by atoms with Gasteiger partial charge in [-0.2, -0.15) is 0 Å². The molecule has 2 aliphatic rings. The van der Waals surface area contributed by atoms with Gasteiger partial charge >= 0.3 is 0 Å². The van der Waals surface area contributed by atoms with Crippen molar-refractivity contribution in [1.29, 1.82) is 0 Å². The molecule has 0 radical (unpaired) electrons. The fourth-order valence-electron chi connectivity index (χ4n) is 3.93. The topological polar surface area (TPSA) is 43.4 Å². The van der Waals surface area contributed by atoms with E-state index in [9.17, 15) is 9.59 Å². The summed E-state index contributed by atoms with van der Waals surface area (Å²) in [6, 6.07) is 9.10. The van der Waals surface area contributed by atoms with Crippen LogP contribution in [0.5, 0.6) is 0 Å². The number of benzene rings is 1. The highest BCUT2D eigenvalue weighted by molar-refractivity contribution is 5.74. The molecule has 0 spiro atoms. The van der Waals surface area contributed by atoms with Crippen LogP contribution in [0.15, 0.2) is 30.3 Å². The van der Waals surface area contributed by atoms with E-state index in [2.05, 4.69) is 20.8 Å². The third-order valence-electron chi connectivity index (χ3n) is 5.87. The quantitative estimate of drug-likeness (QED) is 0.793. The second-order valence-corrected chi connectivity index (χ2v) is 6.86. The molecule has 21 heavy (non-hydrogen) atoms. The molecule has 3 unspecified atom stereocenters. The number of carbonyl (C=O) groups is 2. The summed E-state index contributed by atoms with van der Waals surface area (Å²) in [7, 11) is 0. The van der Waals surface area contributed by atoms with Gasteiger partial charge in [0.15, 0.2) is 0 Å². The van der Waals surface area contributed by atoms with Crippen molar-refractivity contribution in [2.75, 3.05) is 0 Å². The van der Waals surface area contributed by atoms with Crippen LogP contribution in [0.25, 0.3) is 0 Å². The molecule has 0 heterocycles. The van der Waals surface area contributed by atoms with Gasteiger partial charge in [0.1, 0.15) is 12.4 Å². The summed E-state index contributed by atoms with van der Waals surface area (Å²) in [6.45, 7) is 7.53. The van der Waals surface area contributed by atoms with Crippen LogP contribution >= 0.6 is 0 Å². The van der Waals surface area contributed by atoms with E-state index in [0.29, 0.717) is 11.9 Å². The Bertz CT molecular complexity index is 494. The maximum absolute atomic E-state index is 10.4. The van der Waals surface area contributed by atoms with Crippen molar-refractivity contribution in [3.63, 3.8) is 0 Å². The molecule has 3 rings (SSSR count). The van der Waals surface area contributed by atoms with E-state index in [1.165, 1.54) is 12.8 Å². The molecule has 2 saturated carbocycles. The van der Waals surface area contributed by atoms with Gasteiger partial charge in [-0.15, -0.1) is 0 Å². The Labute approximate surface area is 126 Å². The molecule has 0 N–H and O–H groups in total. The van der Waals surface area contributed by atoms with E-state index in [1.54, 1.807) is 12.1 Å². The van der Waals surface area contributed by atoms with Crippen molar-refractivity contribution in [1.82, 2.24) is 0 Å². The summed E-state index contributed by atoms with van der Waals surface area (Å²) < 4.78 is 5.19. The Hall–Kier alpha value is -1.64. The minimum atomic E-state index is 0.166. The molecule has 3 heteroatoms. The SMILES string of the molecule is CC1(C)C2CCC1(C)C(OC=O)C2.O=Cc1ccccc1. The van der Waals surface area contributed by atoms with Crippen LogP contribution < -0.4 is 0 Å². The number of carbonyl (C=O) groups excluding carboxylic acids is 2. The first-order chi connectivity index (χ1) is 9.95. The standard InChI is InChI=1S/C11H18O2.C7H6O/c1-10(2)8-4-5-11(10,3)9(6-8)13-7-12;8-6-7-4-2-1-3-5-7/h7-9H,4-6H2,1-3H3;1-6H. The first-order valence-electron chi connectivity index (χ1n) is 7.55. The molecule has 2 fully saturated rings. The molecule has 3 nitrogen and oxygen atoms in total. The van der Waals surface area contributed by atoms with Crippen LogP contribution in [0.4, 0.5) is 0 Å². The van der Waals surface area contributed by atoms with Crippen molar-refractivity contribution in [3.05, 3.63) is 35.9 Å². The summed E-state index contributed by atoms with van der Waals surface area (Å²) in [5.41, 5.74) is 1.30. The van der Waals surface area contributed by atoms with Crippen LogP contribution in [0, 0.1) is 16.7 Å². The number of aldehydes is 1. The van der Waals surface area contributed by atoms with E-state index >= 15 is 0 Å². The van der Waals surface area contributed by atoms with Crippen molar-refractivity contribution in [3.8, 4) is 0 Å². The first kappa shape index (κ1) is 15.7. The van der Waals surface area contributed by atoms with Gasteiger partial charge in [-0.1, -0.05) is 51.1 Å². The van der Waals surface area contributed by atoms with Crippen LogP contribution in [0.2, 0.25) is 0 Å². The highest BCUT2D eigenvalue weighted by Crippen LogP contribution is 2.66. The van der Waals surface area contributed by atoms with Crippen molar-refractivity contribution < 1.29 is 14.3 Å². The average Bonchev–Trinajstić information content (AvgIpc) is 2.82. The van der Waals surface area contributed by atoms with E-state index in [-0.39, 0.29) is 11.5 Å². The van der Waals surface area contributed by atoms with Gasteiger partial charge in [0, 0.05) is 11.0 Å². The van der Waals surface area contributed by atoms with Gasteiger partial charge in [0.2, 0.25) is 0 Å². The molecule has 1 aromatic rings. The number of fused-ring (bicyclic) bond motifs is 2. The molecule has 2 aliphatic carbocycles. The molecule has 0 aromatic heterocycles. The normalized spacial score (nSPS) is 32.0. The maximum atomic E-state index is 10.4. The summed E-state index contributed by atoms with van der Waals surface area (Å²) in [6.07, 6.45) is 4.59. The Morgan fingerprint density at radius 3 is 2.19 bits per heavy atom. The second-order valence-electron chi connectivity index (χ2n) is 6.86. The molecule has 2 bridgehead atoms. The summed E-state index contributed by atoms with van der Waals surface area (Å²) >= 11 is 0. The lowest BCUT2D eigenvalue weighted by molar-refractivity contribution is -0.141. The van der Waals surface area contributed by atoms with Gasteiger partial charge in [-0.05, 0) is 30.6 Å². The Morgan fingerprint density at radius 2 is 1.81 bits per heavy atom. The average molecular weight is 288 g/mol. The maximum Gasteiger partial charge on any atom is 0.293 e. The molecule has 1 aromatic carbocycles. The summed E-state index contributed by atoms with van der Waals surface area (Å²) in [4.78, 5) is 20.4. The van der Waals surface area contributed by atoms with E-state index in [1.807, 2.05) is 18.2 Å². The summed E-state index contributed by atoms with van der Waals surface area (Å²) in [5, 5.41) is 0. The fourth-order valence-corrected chi connectivity index (χ4v) is 3.93. The predicted octanol–water partition coefficient (Wildman–Crippen LogP) is 3.87. The number of rotatable bonds is 3. The number of ether oxygens (including phenoxy) is 1. The highest BCUT2D eigenvalue weighted by Gasteiger charge is 2.62. The molecule has 3 atom stereocenters. The van der Waals surface area contributed by atoms with Gasteiger partial charge in [-0.25, -0.2) is 0 Å². The van der Waals surface area contributed by atoms with Crippen LogP contribution in [-0.2, 0) is 9.53 Å². The zero-order valence-electron chi connectivity index (χ0n) is 13.0. The summed E-state index contributed by atoms with van der Waals surface area (Å²) in [5.74, 6) is 0.752. The monoisotopic (exact) mass is 288 g/mol. The van der Waals surface area contributed by atoms with Gasteiger partial charge < -0.3 is 4.74 Å². The van der Waals surface area contributed by atoms with E-state index in [0.717, 1.165) is 24.2 Å². The Balaban J connectivity index is 0.000000173.